The lowest BCUT2D eigenvalue weighted by molar-refractivity contribution is -0.131. The highest BCUT2D eigenvalue weighted by atomic mass is 19.1. The van der Waals surface area contributed by atoms with E-state index in [1.54, 1.807) is 12.1 Å². The summed E-state index contributed by atoms with van der Waals surface area (Å²) in [7, 11) is 4.15. The van der Waals surface area contributed by atoms with Gasteiger partial charge in [-0.25, -0.2) is 8.78 Å². The average Bonchev–Trinajstić information content (AvgIpc) is 3.42. The molecule has 0 radical (unpaired) electrons. The fourth-order valence-electron chi connectivity index (χ4n) is 7.09. The third kappa shape index (κ3) is 6.08. The van der Waals surface area contributed by atoms with Crippen LogP contribution in [0.2, 0.25) is 0 Å². The monoisotopic (exact) mass is 606 g/mol. The van der Waals surface area contributed by atoms with Gasteiger partial charge in [-0.15, -0.1) is 0 Å². The fourth-order valence-corrected chi connectivity index (χ4v) is 7.09. The maximum absolute atomic E-state index is 14.8. The molecule has 0 unspecified atom stereocenters. The van der Waals surface area contributed by atoms with Crippen molar-refractivity contribution >= 4 is 17.4 Å². The molecule has 0 saturated carbocycles. The lowest BCUT2D eigenvalue weighted by Crippen LogP contribution is -2.55. The number of anilines is 2. The molecule has 10 nitrogen and oxygen atoms in total. The molecule has 0 N–H and O–H groups in total. The minimum absolute atomic E-state index is 0.0633. The van der Waals surface area contributed by atoms with Gasteiger partial charge in [0.1, 0.15) is 18.2 Å². The Morgan fingerprint density at radius 3 is 2.64 bits per heavy atom. The number of rotatable bonds is 7. The molecule has 4 aliphatic heterocycles. The maximum Gasteiger partial charge on any atom is 0.318 e. The zero-order chi connectivity index (χ0) is 31.0. The second-order valence-corrected chi connectivity index (χ2v) is 12.4. The van der Waals surface area contributed by atoms with Gasteiger partial charge in [-0.05, 0) is 69.6 Å². The molecular weight excluding hydrogens is 566 g/mol. The van der Waals surface area contributed by atoms with Crippen LogP contribution in [-0.2, 0) is 30.7 Å². The molecule has 4 aliphatic rings. The van der Waals surface area contributed by atoms with Crippen LogP contribution >= 0.6 is 0 Å². The first kappa shape index (κ1) is 30.2. The lowest BCUT2D eigenvalue weighted by Gasteiger charge is -2.42. The van der Waals surface area contributed by atoms with E-state index in [2.05, 4.69) is 46.3 Å². The van der Waals surface area contributed by atoms with Gasteiger partial charge in [0.15, 0.2) is 5.83 Å². The van der Waals surface area contributed by atoms with Gasteiger partial charge in [-0.3, -0.25) is 4.79 Å². The summed E-state index contributed by atoms with van der Waals surface area (Å²) in [5.41, 5.74) is 4.95. The number of carbonyl (C=O) groups is 1. The van der Waals surface area contributed by atoms with E-state index in [9.17, 15) is 18.8 Å². The van der Waals surface area contributed by atoms with Crippen molar-refractivity contribution in [3.05, 3.63) is 52.7 Å². The Balaban J connectivity index is 1.32. The Hall–Kier alpha value is -3.82. The number of likely N-dealkylation sites (tertiary alicyclic amines) is 1. The number of nitriles is 1. The zero-order valence-electron chi connectivity index (χ0n) is 25.6. The average molecular weight is 607 g/mol. The van der Waals surface area contributed by atoms with Gasteiger partial charge in [0, 0.05) is 56.6 Å². The number of aromatic nitrogens is 2. The molecule has 2 fully saturated rings. The highest BCUT2D eigenvalue weighted by Crippen LogP contribution is 2.36. The topological polar surface area (TPSA) is 92.1 Å². The van der Waals surface area contributed by atoms with E-state index >= 15 is 0 Å². The van der Waals surface area contributed by atoms with Crippen LogP contribution in [0.5, 0.6) is 6.01 Å². The maximum atomic E-state index is 14.8. The molecule has 234 valence electrons. The molecule has 2 saturated heterocycles. The number of halogens is 2. The summed E-state index contributed by atoms with van der Waals surface area (Å²) >= 11 is 0. The van der Waals surface area contributed by atoms with Crippen LogP contribution in [0.4, 0.5) is 20.3 Å². The van der Waals surface area contributed by atoms with Crippen LogP contribution in [0.15, 0.2) is 24.5 Å². The quantitative estimate of drug-likeness (QED) is 0.441. The highest BCUT2D eigenvalue weighted by Gasteiger charge is 2.35. The first-order valence-corrected chi connectivity index (χ1v) is 15.5. The molecule has 12 heteroatoms. The van der Waals surface area contributed by atoms with Crippen molar-refractivity contribution in [2.24, 2.45) is 0 Å². The highest BCUT2D eigenvalue weighted by molar-refractivity contribution is 5.91. The number of likely N-dealkylation sites (N-methyl/N-ethyl adjacent to an activating group) is 2. The number of ether oxygens (including phenoxy) is 1. The van der Waals surface area contributed by atoms with E-state index < -0.39 is 17.8 Å². The molecular formula is C32H40F2N8O2. The molecule has 1 aromatic heterocycles. The Labute approximate surface area is 257 Å². The molecule has 2 atom stereocenters. The predicted molar refractivity (Wildman–Crippen MR) is 163 cm³/mol. The Morgan fingerprint density at radius 2 is 1.89 bits per heavy atom. The van der Waals surface area contributed by atoms with Crippen LogP contribution in [0.25, 0.3) is 0 Å². The number of carbonyl (C=O) groups excluding carboxylic acids is 1. The smallest absolute Gasteiger partial charge is 0.318 e. The molecule has 44 heavy (non-hydrogen) atoms. The summed E-state index contributed by atoms with van der Waals surface area (Å²) in [5.74, 6) is -1.32. The predicted octanol–water partition coefficient (Wildman–Crippen LogP) is 3.05. The van der Waals surface area contributed by atoms with Gasteiger partial charge in [0.2, 0.25) is 0 Å². The minimum Gasteiger partial charge on any atom is -0.462 e. The van der Waals surface area contributed by atoms with Gasteiger partial charge in [-0.2, -0.15) is 15.2 Å². The molecule has 0 spiro atoms. The van der Waals surface area contributed by atoms with E-state index in [1.165, 1.54) is 10.5 Å². The third-order valence-corrected chi connectivity index (χ3v) is 9.51. The molecule has 0 bridgehead atoms. The minimum atomic E-state index is -1.03. The fraction of sp³-hybridized carbons (Fsp3) is 0.562. The molecule has 2 aromatic rings. The van der Waals surface area contributed by atoms with E-state index in [0.29, 0.717) is 39.2 Å². The summed E-state index contributed by atoms with van der Waals surface area (Å²) in [6, 6.07) is 5.51. The van der Waals surface area contributed by atoms with Gasteiger partial charge in [0.25, 0.3) is 5.91 Å². The zero-order valence-corrected chi connectivity index (χ0v) is 25.6. The summed E-state index contributed by atoms with van der Waals surface area (Å²) < 4.78 is 34.9. The standard InChI is InChI=1S/C32H40F2N8O2/c1-21(33)31(43)42-14-13-41(18-24(42)6-9-35)30-27-8-12-40(29-16-23(34)15-22-17-38(2)11-7-26(22)29)19-28(27)36-32(37-30)44-20-25-5-4-10-39(25)3/h15-16,24-25H,1,4-8,10-14,17-20H2,2-3H3/t24-,25-/m0/s1. The Kier molecular flexibility index (Phi) is 8.69. The van der Waals surface area contributed by atoms with Gasteiger partial charge in [0.05, 0.1) is 30.8 Å². The SMILES string of the molecule is C=C(F)C(=O)N1CCN(c2nc(OC[C@@H]3CCCN3C)nc3c2CCN(c2cc(F)cc4c2CCN(C)C4)C3)C[C@@H]1CC#N. The Morgan fingerprint density at radius 1 is 1.07 bits per heavy atom. The third-order valence-electron chi connectivity index (χ3n) is 9.51. The van der Waals surface area contributed by atoms with E-state index in [0.717, 1.165) is 67.2 Å². The second kappa shape index (κ2) is 12.7. The van der Waals surface area contributed by atoms with E-state index in [4.69, 9.17) is 14.7 Å². The molecule has 1 amide bonds. The Bertz CT molecular complexity index is 1480. The molecule has 1 aromatic carbocycles. The normalized spacial score (nSPS) is 22.4. The van der Waals surface area contributed by atoms with Crippen LogP contribution in [0.1, 0.15) is 41.6 Å². The summed E-state index contributed by atoms with van der Waals surface area (Å²) in [6.45, 7) is 8.46. The largest absolute Gasteiger partial charge is 0.462 e. The summed E-state index contributed by atoms with van der Waals surface area (Å²) in [4.78, 5) is 32.5. The van der Waals surface area contributed by atoms with Gasteiger partial charge in [-0.1, -0.05) is 6.58 Å². The summed E-state index contributed by atoms with van der Waals surface area (Å²) in [5, 5.41) is 9.49. The number of amides is 1. The second-order valence-electron chi connectivity index (χ2n) is 12.4. The van der Waals surface area contributed by atoms with Gasteiger partial charge < -0.3 is 29.2 Å². The van der Waals surface area contributed by atoms with Crippen molar-refractivity contribution in [3.63, 3.8) is 0 Å². The van der Waals surface area contributed by atoms with Crippen molar-refractivity contribution in [2.45, 2.75) is 57.3 Å². The van der Waals surface area contributed by atoms with Crippen LogP contribution < -0.4 is 14.5 Å². The van der Waals surface area contributed by atoms with Gasteiger partial charge >= 0.3 is 6.01 Å². The summed E-state index contributed by atoms with van der Waals surface area (Å²) in [6.07, 6.45) is 3.74. The van der Waals surface area contributed by atoms with Crippen LogP contribution in [0.3, 0.4) is 0 Å². The number of nitrogens with zero attached hydrogens (tertiary/aromatic N) is 8. The molecule has 6 rings (SSSR count). The van der Waals surface area contributed by atoms with E-state index in [1.807, 2.05) is 0 Å². The number of hydrogen-bond acceptors (Lipinski definition) is 9. The van der Waals surface area contributed by atoms with Crippen LogP contribution in [-0.4, -0.2) is 103 Å². The number of fused-ring (bicyclic) bond motifs is 2. The van der Waals surface area contributed by atoms with Crippen molar-refractivity contribution < 1.29 is 18.3 Å². The van der Waals surface area contributed by atoms with E-state index in [-0.39, 0.29) is 30.8 Å². The molecule has 0 aliphatic carbocycles. The van der Waals surface area contributed by atoms with Crippen molar-refractivity contribution in [1.29, 1.82) is 5.26 Å². The van der Waals surface area contributed by atoms with Crippen molar-refractivity contribution in [3.8, 4) is 12.1 Å². The number of benzene rings is 1. The van der Waals surface area contributed by atoms with Crippen LogP contribution in [0, 0.1) is 17.1 Å². The van der Waals surface area contributed by atoms with Crippen molar-refractivity contribution in [1.82, 2.24) is 24.7 Å². The lowest BCUT2D eigenvalue weighted by atomic mass is 9.95. The molecule has 5 heterocycles. The number of hydrogen-bond donors (Lipinski definition) is 0. The first-order valence-electron chi connectivity index (χ1n) is 15.5. The number of piperazine rings is 1. The first-order chi connectivity index (χ1) is 21.2. The van der Waals surface area contributed by atoms with Crippen molar-refractivity contribution in [2.75, 3.05) is 69.8 Å².